The number of hydrazone groups is 1. The molecule has 0 amide bonds. The number of thiazole rings is 1. The lowest BCUT2D eigenvalue weighted by Crippen LogP contribution is -1.97. The summed E-state index contributed by atoms with van der Waals surface area (Å²) in [5.74, 6) is 1.33. The minimum absolute atomic E-state index is 0.433. The third-order valence-electron chi connectivity index (χ3n) is 3.21. The summed E-state index contributed by atoms with van der Waals surface area (Å²) in [5, 5.41) is 4.99. The first kappa shape index (κ1) is 16.0. The van der Waals surface area contributed by atoms with Gasteiger partial charge in [0, 0.05) is 0 Å². The minimum atomic E-state index is 0.433. The summed E-state index contributed by atoms with van der Waals surface area (Å²) < 4.78 is 12.0. The van der Waals surface area contributed by atoms with Crippen molar-refractivity contribution in [3.63, 3.8) is 0 Å². The third kappa shape index (κ3) is 3.72. The Morgan fingerprint density at radius 3 is 2.92 bits per heavy atom. The van der Waals surface area contributed by atoms with E-state index in [1.165, 1.54) is 0 Å². The molecule has 3 aromatic rings. The first-order valence-corrected chi connectivity index (χ1v) is 8.18. The highest BCUT2D eigenvalue weighted by Crippen LogP contribution is 2.28. The van der Waals surface area contributed by atoms with Crippen LogP contribution in [-0.2, 0) is 0 Å². The van der Waals surface area contributed by atoms with Crippen molar-refractivity contribution in [1.82, 2.24) is 4.98 Å². The van der Waals surface area contributed by atoms with Crippen molar-refractivity contribution in [2.45, 2.75) is 0 Å². The molecule has 1 aromatic heterocycles. The van der Waals surface area contributed by atoms with Crippen molar-refractivity contribution >= 4 is 32.9 Å². The topological polar surface area (TPSA) is 55.7 Å². The van der Waals surface area contributed by atoms with Crippen LogP contribution >= 0.6 is 11.3 Å². The number of nitrogens with zero attached hydrogens (tertiary/aromatic N) is 2. The molecule has 0 saturated heterocycles. The molecule has 5 nitrogen and oxygen atoms in total. The first-order chi connectivity index (χ1) is 11.8. The van der Waals surface area contributed by atoms with Gasteiger partial charge in [-0.1, -0.05) is 36.1 Å². The Morgan fingerprint density at radius 1 is 1.25 bits per heavy atom. The van der Waals surface area contributed by atoms with Crippen LogP contribution in [0.3, 0.4) is 0 Å². The van der Waals surface area contributed by atoms with Gasteiger partial charge in [-0.05, 0) is 35.9 Å². The number of aromatic nitrogens is 1. The van der Waals surface area contributed by atoms with E-state index >= 15 is 0 Å². The van der Waals surface area contributed by atoms with Crippen LogP contribution < -0.4 is 14.9 Å². The van der Waals surface area contributed by atoms with Crippen LogP contribution in [-0.4, -0.2) is 24.9 Å². The largest absolute Gasteiger partial charge is 0.493 e. The summed E-state index contributed by atoms with van der Waals surface area (Å²) in [6.45, 7) is 4.07. The van der Waals surface area contributed by atoms with Crippen molar-refractivity contribution in [2.24, 2.45) is 5.10 Å². The van der Waals surface area contributed by atoms with Crippen molar-refractivity contribution in [3.8, 4) is 11.5 Å². The molecule has 0 radical (unpaired) electrons. The summed E-state index contributed by atoms with van der Waals surface area (Å²) in [7, 11) is 1.61. The number of methoxy groups -OCH3 is 1. The maximum Gasteiger partial charge on any atom is 0.204 e. The monoisotopic (exact) mass is 339 g/mol. The SMILES string of the molecule is C=CCOc1ccc(/C=N\Nc2nc3ccccc3s2)cc1OC. The van der Waals surface area contributed by atoms with E-state index in [4.69, 9.17) is 9.47 Å². The third-order valence-corrected chi connectivity index (χ3v) is 4.15. The van der Waals surface area contributed by atoms with Gasteiger partial charge in [-0.3, -0.25) is 5.43 Å². The number of anilines is 1. The number of hydrogen-bond acceptors (Lipinski definition) is 6. The predicted molar refractivity (Wildman–Crippen MR) is 99.5 cm³/mol. The van der Waals surface area contributed by atoms with Crippen LogP contribution in [0.4, 0.5) is 5.13 Å². The molecule has 0 aliphatic carbocycles. The van der Waals surface area contributed by atoms with E-state index in [9.17, 15) is 0 Å². The molecule has 0 aliphatic heterocycles. The molecule has 1 heterocycles. The second kappa shape index (κ2) is 7.61. The average Bonchev–Trinajstić information content (AvgIpc) is 3.03. The zero-order valence-corrected chi connectivity index (χ0v) is 14.0. The van der Waals surface area contributed by atoms with Crippen molar-refractivity contribution in [2.75, 3.05) is 19.1 Å². The van der Waals surface area contributed by atoms with Crippen LogP contribution in [0.2, 0.25) is 0 Å². The minimum Gasteiger partial charge on any atom is -0.493 e. The van der Waals surface area contributed by atoms with Crippen molar-refractivity contribution in [3.05, 3.63) is 60.7 Å². The van der Waals surface area contributed by atoms with Crippen LogP contribution in [0.25, 0.3) is 10.2 Å². The molecule has 0 spiro atoms. The normalized spacial score (nSPS) is 10.9. The van der Waals surface area contributed by atoms with E-state index in [1.807, 2.05) is 42.5 Å². The zero-order chi connectivity index (χ0) is 16.8. The maximum atomic E-state index is 5.53. The Bertz CT molecular complexity index is 841. The second-order valence-corrected chi connectivity index (χ2v) is 5.90. The summed E-state index contributed by atoms with van der Waals surface area (Å²) in [4.78, 5) is 4.47. The molecular formula is C18H17N3O2S. The molecule has 0 unspecified atom stereocenters. The number of fused-ring (bicyclic) bond motifs is 1. The van der Waals surface area contributed by atoms with Gasteiger partial charge >= 0.3 is 0 Å². The van der Waals surface area contributed by atoms with E-state index in [0.29, 0.717) is 18.1 Å². The lowest BCUT2D eigenvalue weighted by atomic mass is 10.2. The van der Waals surface area contributed by atoms with Gasteiger partial charge < -0.3 is 9.47 Å². The van der Waals surface area contributed by atoms with Crippen molar-refractivity contribution < 1.29 is 9.47 Å². The second-order valence-electron chi connectivity index (χ2n) is 4.87. The fourth-order valence-electron chi connectivity index (χ4n) is 2.11. The van der Waals surface area contributed by atoms with Crippen LogP contribution in [0.5, 0.6) is 11.5 Å². The van der Waals surface area contributed by atoms with E-state index in [2.05, 4.69) is 22.1 Å². The number of hydrogen-bond donors (Lipinski definition) is 1. The average molecular weight is 339 g/mol. The molecule has 6 heteroatoms. The highest BCUT2D eigenvalue weighted by molar-refractivity contribution is 7.22. The van der Waals surface area contributed by atoms with Crippen molar-refractivity contribution in [1.29, 1.82) is 0 Å². The van der Waals surface area contributed by atoms with Gasteiger partial charge in [0.2, 0.25) is 5.13 Å². The molecular weight excluding hydrogens is 322 g/mol. The summed E-state index contributed by atoms with van der Waals surface area (Å²) in [6.07, 6.45) is 3.41. The number of benzene rings is 2. The smallest absolute Gasteiger partial charge is 0.204 e. The fraction of sp³-hybridized carbons (Fsp3) is 0.111. The Labute approximate surface area is 144 Å². The molecule has 0 fully saturated rings. The van der Waals surface area contributed by atoms with Gasteiger partial charge in [0.05, 0.1) is 23.5 Å². The van der Waals surface area contributed by atoms with Crippen LogP contribution in [0.1, 0.15) is 5.56 Å². The van der Waals surface area contributed by atoms with E-state index < -0.39 is 0 Å². The lowest BCUT2D eigenvalue weighted by Gasteiger charge is -2.09. The molecule has 2 aromatic carbocycles. The van der Waals surface area contributed by atoms with Gasteiger partial charge in [0.25, 0.3) is 0 Å². The molecule has 24 heavy (non-hydrogen) atoms. The quantitative estimate of drug-likeness (QED) is 0.396. The van der Waals surface area contributed by atoms with Gasteiger partial charge in [0.15, 0.2) is 11.5 Å². The van der Waals surface area contributed by atoms with Crippen LogP contribution in [0, 0.1) is 0 Å². The molecule has 0 saturated carbocycles. The van der Waals surface area contributed by atoms with E-state index in [1.54, 1.807) is 30.7 Å². The van der Waals surface area contributed by atoms with Gasteiger partial charge in [0.1, 0.15) is 6.61 Å². The number of nitrogens with one attached hydrogen (secondary N) is 1. The Morgan fingerprint density at radius 2 is 2.12 bits per heavy atom. The highest BCUT2D eigenvalue weighted by Gasteiger charge is 2.04. The predicted octanol–water partition coefficient (Wildman–Crippen LogP) is 4.32. The Hall–Kier alpha value is -2.86. The van der Waals surface area contributed by atoms with Gasteiger partial charge in [-0.2, -0.15) is 5.10 Å². The first-order valence-electron chi connectivity index (χ1n) is 7.36. The molecule has 0 aliphatic rings. The standard InChI is InChI=1S/C18H17N3O2S/c1-3-10-23-15-9-8-13(11-16(15)22-2)12-19-21-18-20-14-6-4-5-7-17(14)24-18/h3-9,11-12H,1,10H2,2H3,(H,20,21)/b19-12-. The molecule has 3 rings (SSSR count). The molecule has 122 valence electrons. The summed E-state index contributed by atoms with van der Waals surface area (Å²) in [6, 6.07) is 13.6. The zero-order valence-electron chi connectivity index (χ0n) is 13.2. The number of para-hydroxylation sites is 1. The van der Waals surface area contributed by atoms with E-state index in [0.717, 1.165) is 20.9 Å². The van der Waals surface area contributed by atoms with Gasteiger partial charge in [-0.25, -0.2) is 4.98 Å². The molecule has 1 N–H and O–H groups in total. The van der Waals surface area contributed by atoms with Gasteiger partial charge in [-0.15, -0.1) is 0 Å². The number of ether oxygens (including phenoxy) is 2. The number of rotatable bonds is 7. The summed E-state index contributed by atoms with van der Waals surface area (Å²) in [5.41, 5.74) is 4.82. The maximum absolute atomic E-state index is 5.53. The Kier molecular flexibility index (Phi) is 5.08. The summed E-state index contributed by atoms with van der Waals surface area (Å²) >= 11 is 1.56. The van der Waals surface area contributed by atoms with E-state index in [-0.39, 0.29) is 0 Å². The molecule has 0 bridgehead atoms. The highest BCUT2D eigenvalue weighted by atomic mass is 32.1. The Balaban J connectivity index is 1.70. The molecule has 0 atom stereocenters. The van der Waals surface area contributed by atoms with Crippen LogP contribution in [0.15, 0.2) is 60.2 Å². The fourth-order valence-corrected chi connectivity index (χ4v) is 2.93. The lowest BCUT2D eigenvalue weighted by molar-refractivity contribution is 0.326.